The minimum Gasteiger partial charge on any atom is -0.490 e. The third-order valence-corrected chi connectivity index (χ3v) is 3.85. The third-order valence-electron chi connectivity index (χ3n) is 3.28. The second kappa shape index (κ2) is 5.65. The highest BCUT2D eigenvalue weighted by Gasteiger charge is 2.23. The Morgan fingerprint density at radius 3 is 2.40 bits per heavy atom. The molecule has 20 heavy (non-hydrogen) atoms. The lowest BCUT2D eigenvalue weighted by Gasteiger charge is -2.14. The number of hydrogen-bond donors (Lipinski definition) is 1. The molecule has 2 aromatic carbocycles. The maximum atomic E-state index is 10.4. The van der Waals surface area contributed by atoms with Gasteiger partial charge in [0.25, 0.3) is 0 Å². The van der Waals surface area contributed by atoms with E-state index >= 15 is 0 Å². The van der Waals surface area contributed by atoms with E-state index in [0.29, 0.717) is 21.7 Å². The van der Waals surface area contributed by atoms with E-state index in [1.165, 1.54) is 0 Å². The molecular formula is C16H14Cl2O2. The maximum Gasteiger partial charge on any atom is 0.119 e. The molecule has 0 radical (unpaired) electrons. The Kier molecular flexibility index (Phi) is 3.88. The normalized spacial score (nSPS) is 15.9. The predicted molar refractivity (Wildman–Crippen MR) is 80.6 cm³/mol. The lowest BCUT2D eigenvalue weighted by molar-refractivity contribution is 0.220. The number of benzene rings is 2. The Labute approximate surface area is 127 Å². The summed E-state index contributed by atoms with van der Waals surface area (Å²) in [5.41, 5.74) is 1.37. The van der Waals surface area contributed by atoms with Crippen LogP contribution in [0.1, 0.15) is 30.1 Å². The lowest BCUT2D eigenvalue weighted by Crippen LogP contribution is -2.01. The van der Waals surface area contributed by atoms with Crippen LogP contribution >= 0.6 is 23.2 Å². The lowest BCUT2D eigenvalue weighted by atomic mass is 10.0. The molecule has 0 aliphatic heterocycles. The fourth-order valence-corrected chi connectivity index (χ4v) is 2.41. The maximum absolute atomic E-state index is 10.4. The highest BCUT2D eigenvalue weighted by atomic mass is 35.5. The summed E-state index contributed by atoms with van der Waals surface area (Å²) in [6.45, 7) is 0. The topological polar surface area (TPSA) is 29.5 Å². The van der Waals surface area contributed by atoms with Gasteiger partial charge in [-0.1, -0.05) is 35.3 Å². The summed E-state index contributed by atoms with van der Waals surface area (Å²) >= 11 is 12.1. The monoisotopic (exact) mass is 308 g/mol. The zero-order valence-electron chi connectivity index (χ0n) is 10.7. The van der Waals surface area contributed by atoms with E-state index < -0.39 is 6.10 Å². The van der Waals surface area contributed by atoms with Gasteiger partial charge >= 0.3 is 0 Å². The minimum absolute atomic E-state index is 0.369. The van der Waals surface area contributed by atoms with Crippen LogP contribution < -0.4 is 4.74 Å². The van der Waals surface area contributed by atoms with Crippen LogP contribution in [0.3, 0.4) is 0 Å². The first kappa shape index (κ1) is 13.7. The van der Waals surface area contributed by atoms with Crippen molar-refractivity contribution in [3.05, 3.63) is 63.6 Å². The molecule has 1 saturated carbocycles. The van der Waals surface area contributed by atoms with Crippen molar-refractivity contribution in [2.75, 3.05) is 0 Å². The molecule has 1 unspecified atom stereocenters. The van der Waals surface area contributed by atoms with E-state index in [4.69, 9.17) is 27.9 Å². The first-order valence-corrected chi connectivity index (χ1v) is 7.29. The smallest absolute Gasteiger partial charge is 0.119 e. The second-order valence-corrected chi connectivity index (χ2v) is 5.80. The van der Waals surface area contributed by atoms with Gasteiger partial charge in [0.05, 0.1) is 6.10 Å². The van der Waals surface area contributed by atoms with Crippen molar-refractivity contribution in [2.24, 2.45) is 0 Å². The van der Waals surface area contributed by atoms with Crippen LogP contribution in [0.15, 0.2) is 42.5 Å². The van der Waals surface area contributed by atoms with E-state index in [1.807, 2.05) is 24.3 Å². The molecule has 0 amide bonds. The van der Waals surface area contributed by atoms with Crippen molar-refractivity contribution < 1.29 is 9.84 Å². The molecule has 1 fully saturated rings. The first-order valence-electron chi connectivity index (χ1n) is 6.53. The van der Waals surface area contributed by atoms with Gasteiger partial charge in [-0.15, -0.1) is 0 Å². The standard InChI is InChI=1S/C16H14Cl2O2/c17-11-3-8-15(18)14(9-11)16(19)10-1-4-12(5-2-10)20-13-6-7-13/h1-5,8-9,13,16,19H,6-7H2. The van der Waals surface area contributed by atoms with Gasteiger partial charge in [-0.2, -0.15) is 0 Å². The number of halogens is 2. The van der Waals surface area contributed by atoms with E-state index in [2.05, 4.69) is 0 Å². The fourth-order valence-electron chi connectivity index (χ4n) is 2.01. The number of hydrogen-bond acceptors (Lipinski definition) is 2. The van der Waals surface area contributed by atoms with Gasteiger partial charge in [-0.05, 0) is 48.7 Å². The Balaban J connectivity index is 1.81. The summed E-state index contributed by atoms with van der Waals surface area (Å²) in [4.78, 5) is 0. The first-order chi connectivity index (χ1) is 9.63. The number of aliphatic hydroxyl groups is 1. The Hall–Kier alpha value is -1.22. The molecule has 1 atom stereocenters. The van der Waals surface area contributed by atoms with E-state index in [9.17, 15) is 5.11 Å². The Morgan fingerprint density at radius 2 is 1.75 bits per heavy atom. The van der Waals surface area contributed by atoms with Crippen molar-refractivity contribution in [3.63, 3.8) is 0 Å². The summed E-state index contributed by atoms with van der Waals surface area (Å²) in [6, 6.07) is 12.5. The average Bonchev–Trinajstić information content (AvgIpc) is 3.26. The summed E-state index contributed by atoms with van der Waals surface area (Å²) in [7, 11) is 0. The molecule has 4 heteroatoms. The molecule has 2 nitrogen and oxygen atoms in total. The van der Waals surface area contributed by atoms with Gasteiger partial charge in [-0.3, -0.25) is 0 Å². The van der Waals surface area contributed by atoms with Crippen LogP contribution in [0.2, 0.25) is 10.0 Å². The zero-order chi connectivity index (χ0) is 14.1. The molecule has 0 aromatic heterocycles. The van der Waals surface area contributed by atoms with Gasteiger partial charge in [0.2, 0.25) is 0 Å². The van der Waals surface area contributed by atoms with Crippen LogP contribution in [0, 0.1) is 0 Å². The van der Waals surface area contributed by atoms with Crippen LogP contribution in [0.4, 0.5) is 0 Å². The van der Waals surface area contributed by atoms with Crippen molar-refractivity contribution in [1.82, 2.24) is 0 Å². The summed E-state index contributed by atoms with van der Waals surface area (Å²) in [6.07, 6.45) is 1.83. The van der Waals surface area contributed by atoms with Crippen molar-refractivity contribution >= 4 is 23.2 Å². The minimum atomic E-state index is -0.795. The molecule has 0 heterocycles. The van der Waals surface area contributed by atoms with Crippen LogP contribution in [0.5, 0.6) is 5.75 Å². The molecule has 104 valence electrons. The summed E-state index contributed by atoms with van der Waals surface area (Å²) in [5, 5.41) is 11.5. The third kappa shape index (κ3) is 3.09. The number of ether oxygens (including phenoxy) is 1. The van der Waals surface area contributed by atoms with Crippen LogP contribution in [-0.4, -0.2) is 11.2 Å². The van der Waals surface area contributed by atoms with Gasteiger partial charge < -0.3 is 9.84 Å². The summed E-state index contributed by atoms with van der Waals surface area (Å²) < 4.78 is 5.68. The molecule has 1 aliphatic carbocycles. The largest absolute Gasteiger partial charge is 0.490 e. The fraction of sp³-hybridized carbons (Fsp3) is 0.250. The second-order valence-electron chi connectivity index (χ2n) is 4.95. The van der Waals surface area contributed by atoms with Crippen LogP contribution in [0.25, 0.3) is 0 Å². The molecule has 0 bridgehead atoms. The molecule has 1 aliphatic rings. The highest BCUT2D eigenvalue weighted by Crippen LogP contribution is 2.32. The highest BCUT2D eigenvalue weighted by molar-refractivity contribution is 6.33. The van der Waals surface area contributed by atoms with Crippen molar-refractivity contribution in [2.45, 2.75) is 25.0 Å². The SMILES string of the molecule is OC(c1ccc(OC2CC2)cc1)c1cc(Cl)ccc1Cl. The van der Waals surface area contributed by atoms with Crippen molar-refractivity contribution in [1.29, 1.82) is 0 Å². The number of rotatable bonds is 4. The predicted octanol–water partition coefficient (Wildman–Crippen LogP) is 4.62. The van der Waals surface area contributed by atoms with Gasteiger partial charge in [0.15, 0.2) is 0 Å². The summed E-state index contributed by atoms with van der Waals surface area (Å²) in [5.74, 6) is 0.834. The average molecular weight is 309 g/mol. The molecule has 1 N–H and O–H groups in total. The van der Waals surface area contributed by atoms with Crippen LogP contribution in [-0.2, 0) is 0 Å². The van der Waals surface area contributed by atoms with Gasteiger partial charge in [0, 0.05) is 15.6 Å². The zero-order valence-corrected chi connectivity index (χ0v) is 12.2. The number of aliphatic hydroxyl groups excluding tert-OH is 1. The van der Waals surface area contributed by atoms with E-state index in [0.717, 1.165) is 24.2 Å². The van der Waals surface area contributed by atoms with Gasteiger partial charge in [0.1, 0.15) is 11.9 Å². The van der Waals surface area contributed by atoms with E-state index in [-0.39, 0.29) is 0 Å². The quantitative estimate of drug-likeness (QED) is 0.893. The van der Waals surface area contributed by atoms with E-state index in [1.54, 1.807) is 18.2 Å². The molecule has 0 spiro atoms. The molecule has 2 aromatic rings. The van der Waals surface area contributed by atoms with Gasteiger partial charge in [-0.25, -0.2) is 0 Å². The Morgan fingerprint density at radius 1 is 1.05 bits per heavy atom. The molecular weight excluding hydrogens is 295 g/mol. The van der Waals surface area contributed by atoms with Crippen molar-refractivity contribution in [3.8, 4) is 5.75 Å². The Bertz CT molecular complexity index is 606. The molecule has 3 rings (SSSR count). The molecule has 0 saturated heterocycles.